The van der Waals surface area contributed by atoms with E-state index in [0.717, 1.165) is 24.2 Å². The van der Waals surface area contributed by atoms with Crippen LogP contribution >= 0.6 is 0 Å². The van der Waals surface area contributed by atoms with E-state index in [2.05, 4.69) is 6.92 Å². The molecule has 0 aliphatic rings. The molecule has 0 aromatic heterocycles. The van der Waals surface area contributed by atoms with Crippen molar-refractivity contribution in [2.75, 3.05) is 19.4 Å². The highest BCUT2D eigenvalue weighted by Gasteiger charge is 2.31. The topological polar surface area (TPSA) is 55.6 Å². The molecule has 0 saturated carbocycles. The smallest absolute Gasteiger partial charge is 0.254 e. The van der Waals surface area contributed by atoms with Gasteiger partial charge in [0.15, 0.2) is 0 Å². The van der Waals surface area contributed by atoms with Crippen LogP contribution in [0.1, 0.15) is 32.8 Å². The number of methoxy groups -OCH3 is 1. The lowest BCUT2D eigenvalue weighted by molar-refractivity contribution is -0.151. The minimum Gasteiger partial charge on any atom is -0.399 e. The molecule has 0 radical (unpaired) electrons. The fourth-order valence-electron chi connectivity index (χ4n) is 1.83. The number of nitrogen functional groups attached to an aromatic ring is 1. The molecular formula is C15H24N2O2. The van der Waals surface area contributed by atoms with Crippen molar-refractivity contribution in [2.45, 2.75) is 39.3 Å². The van der Waals surface area contributed by atoms with Gasteiger partial charge in [0.25, 0.3) is 5.91 Å². The van der Waals surface area contributed by atoms with Crippen LogP contribution in [-0.4, -0.2) is 30.1 Å². The molecule has 0 atom stereocenters. The maximum atomic E-state index is 12.4. The van der Waals surface area contributed by atoms with Gasteiger partial charge in [0.2, 0.25) is 0 Å². The first-order chi connectivity index (χ1) is 8.90. The Morgan fingerprint density at radius 3 is 2.37 bits per heavy atom. The summed E-state index contributed by atoms with van der Waals surface area (Å²) in [5.41, 5.74) is 6.68. The maximum Gasteiger partial charge on any atom is 0.254 e. The first-order valence-electron chi connectivity index (χ1n) is 6.59. The molecule has 2 N–H and O–H groups in total. The van der Waals surface area contributed by atoms with Crippen molar-refractivity contribution in [1.82, 2.24) is 4.90 Å². The molecule has 0 aliphatic heterocycles. The zero-order valence-electron chi connectivity index (χ0n) is 12.3. The Labute approximate surface area is 115 Å². The summed E-state index contributed by atoms with van der Waals surface area (Å²) in [4.78, 5) is 14.3. The quantitative estimate of drug-likeness (QED) is 0.803. The summed E-state index contributed by atoms with van der Waals surface area (Å²) >= 11 is 0. The van der Waals surface area contributed by atoms with Crippen LogP contribution in [0.5, 0.6) is 0 Å². The molecule has 1 rings (SSSR count). The molecule has 106 valence electrons. The Morgan fingerprint density at radius 1 is 1.32 bits per heavy atom. The Bertz CT molecular complexity index is 413. The number of nitrogens with zero attached hydrogens (tertiary/aromatic N) is 1. The Kier molecular flexibility index (Phi) is 5.36. The van der Waals surface area contributed by atoms with Crippen molar-refractivity contribution in [1.29, 1.82) is 0 Å². The maximum absolute atomic E-state index is 12.4. The number of nitrogens with two attached hydrogens (primary N) is 1. The highest BCUT2D eigenvalue weighted by Crippen LogP contribution is 2.16. The van der Waals surface area contributed by atoms with E-state index < -0.39 is 5.60 Å². The summed E-state index contributed by atoms with van der Waals surface area (Å²) in [6.45, 7) is 6.95. The summed E-state index contributed by atoms with van der Waals surface area (Å²) in [5.74, 6) is 0.00803. The monoisotopic (exact) mass is 264 g/mol. The van der Waals surface area contributed by atoms with Gasteiger partial charge in [-0.05, 0) is 38.0 Å². The summed E-state index contributed by atoms with van der Waals surface area (Å²) in [7, 11) is 1.56. The molecule has 4 heteroatoms. The Morgan fingerprint density at radius 2 is 1.89 bits per heavy atom. The van der Waals surface area contributed by atoms with Gasteiger partial charge in [-0.15, -0.1) is 0 Å². The fourth-order valence-corrected chi connectivity index (χ4v) is 1.83. The largest absolute Gasteiger partial charge is 0.399 e. The van der Waals surface area contributed by atoms with Gasteiger partial charge in [0.05, 0.1) is 0 Å². The molecule has 0 unspecified atom stereocenters. The van der Waals surface area contributed by atoms with E-state index in [-0.39, 0.29) is 5.91 Å². The van der Waals surface area contributed by atoms with Crippen LogP contribution in [0, 0.1) is 0 Å². The van der Waals surface area contributed by atoms with Gasteiger partial charge < -0.3 is 15.4 Å². The van der Waals surface area contributed by atoms with Crippen LogP contribution in [0.2, 0.25) is 0 Å². The van der Waals surface area contributed by atoms with Gasteiger partial charge in [-0.3, -0.25) is 4.79 Å². The number of anilines is 1. The van der Waals surface area contributed by atoms with E-state index in [1.165, 1.54) is 0 Å². The average molecular weight is 264 g/mol. The molecule has 1 aromatic rings. The second-order valence-corrected chi connectivity index (χ2v) is 5.18. The molecule has 0 aliphatic carbocycles. The van der Waals surface area contributed by atoms with Crippen LogP contribution in [0.4, 0.5) is 5.69 Å². The Hall–Kier alpha value is -1.55. The predicted octanol–water partition coefficient (Wildman–Crippen LogP) is 2.43. The van der Waals surface area contributed by atoms with E-state index in [9.17, 15) is 4.79 Å². The zero-order valence-corrected chi connectivity index (χ0v) is 12.3. The van der Waals surface area contributed by atoms with E-state index in [0.29, 0.717) is 6.54 Å². The van der Waals surface area contributed by atoms with Crippen LogP contribution in [0.3, 0.4) is 0 Å². The fraction of sp³-hybridized carbons (Fsp3) is 0.533. The number of carbonyl (C=O) groups excluding carboxylic acids is 1. The summed E-state index contributed by atoms with van der Waals surface area (Å²) in [6, 6.07) is 7.60. The summed E-state index contributed by atoms with van der Waals surface area (Å²) in [6.07, 6.45) is 0.917. The van der Waals surface area contributed by atoms with Gasteiger partial charge in [-0.25, -0.2) is 0 Å². The van der Waals surface area contributed by atoms with Crippen molar-refractivity contribution >= 4 is 11.6 Å². The molecule has 0 fully saturated rings. The molecule has 0 heterocycles. The third-order valence-electron chi connectivity index (χ3n) is 3.16. The number of ether oxygens (including phenoxy) is 1. The van der Waals surface area contributed by atoms with Crippen molar-refractivity contribution in [3.8, 4) is 0 Å². The molecule has 19 heavy (non-hydrogen) atoms. The number of rotatable bonds is 6. The number of hydrogen-bond donors (Lipinski definition) is 1. The lowest BCUT2D eigenvalue weighted by Crippen LogP contribution is -2.46. The van der Waals surface area contributed by atoms with Crippen LogP contribution in [-0.2, 0) is 16.1 Å². The minimum atomic E-state index is -0.789. The van der Waals surface area contributed by atoms with Crippen LogP contribution < -0.4 is 5.73 Å². The second-order valence-electron chi connectivity index (χ2n) is 5.18. The highest BCUT2D eigenvalue weighted by molar-refractivity contribution is 5.84. The lowest BCUT2D eigenvalue weighted by atomic mass is 10.1. The third-order valence-corrected chi connectivity index (χ3v) is 3.16. The van der Waals surface area contributed by atoms with E-state index in [1.54, 1.807) is 21.0 Å². The third kappa shape index (κ3) is 4.24. The first-order valence-corrected chi connectivity index (χ1v) is 6.59. The number of amides is 1. The first kappa shape index (κ1) is 15.5. The number of hydrogen-bond acceptors (Lipinski definition) is 3. The SMILES string of the molecule is CCCN(Cc1ccc(N)cc1)C(=O)C(C)(C)OC. The zero-order chi connectivity index (χ0) is 14.5. The molecule has 0 bridgehead atoms. The van der Waals surface area contributed by atoms with E-state index in [1.807, 2.05) is 29.2 Å². The number of carbonyl (C=O) groups is 1. The molecule has 4 nitrogen and oxygen atoms in total. The lowest BCUT2D eigenvalue weighted by Gasteiger charge is -2.31. The van der Waals surface area contributed by atoms with Crippen LogP contribution in [0.25, 0.3) is 0 Å². The molecular weight excluding hydrogens is 240 g/mol. The van der Waals surface area contributed by atoms with Gasteiger partial charge >= 0.3 is 0 Å². The average Bonchev–Trinajstić information content (AvgIpc) is 2.40. The van der Waals surface area contributed by atoms with E-state index in [4.69, 9.17) is 10.5 Å². The van der Waals surface area contributed by atoms with Gasteiger partial charge in [-0.1, -0.05) is 19.1 Å². The number of benzene rings is 1. The van der Waals surface area contributed by atoms with Gasteiger partial charge in [-0.2, -0.15) is 0 Å². The van der Waals surface area contributed by atoms with Crippen molar-refractivity contribution < 1.29 is 9.53 Å². The summed E-state index contributed by atoms with van der Waals surface area (Å²) in [5, 5.41) is 0. The van der Waals surface area contributed by atoms with Gasteiger partial charge in [0.1, 0.15) is 5.60 Å². The standard InChI is InChI=1S/C15H24N2O2/c1-5-10-17(14(18)15(2,3)19-4)11-12-6-8-13(16)9-7-12/h6-9H,5,10-11,16H2,1-4H3. The molecule has 1 amide bonds. The van der Waals surface area contributed by atoms with Crippen molar-refractivity contribution in [3.05, 3.63) is 29.8 Å². The van der Waals surface area contributed by atoms with Crippen molar-refractivity contribution in [3.63, 3.8) is 0 Å². The predicted molar refractivity (Wildman–Crippen MR) is 77.7 cm³/mol. The highest BCUT2D eigenvalue weighted by atomic mass is 16.5. The van der Waals surface area contributed by atoms with Gasteiger partial charge in [0, 0.05) is 25.9 Å². The molecule has 1 aromatic carbocycles. The minimum absolute atomic E-state index is 0.00803. The van der Waals surface area contributed by atoms with Crippen LogP contribution in [0.15, 0.2) is 24.3 Å². The molecule has 0 saturated heterocycles. The normalized spacial score (nSPS) is 11.4. The van der Waals surface area contributed by atoms with E-state index >= 15 is 0 Å². The second kappa shape index (κ2) is 6.57. The Balaban J connectivity index is 2.83. The van der Waals surface area contributed by atoms with Crippen molar-refractivity contribution in [2.24, 2.45) is 0 Å². The molecule has 0 spiro atoms. The summed E-state index contributed by atoms with van der Waals surface area (Å²) < 4.78 is 5.27.